The highest BCUT2D eigenvalue weighted by Gasteiger charge is 2.84. The zero-order valence-corrected chi connectivity index (χ0v) is 22.1. The van der Waals surface area contributed by atoms with Gasteiger partial charge in [-0.3, -0.25) is 14.4 Å². The highest BCUT2D eigenvalue weighted by molar-refractivity contribution is 6.28. The van der Waals surface area contributed by atoms with Gasteiger partial charge in [-0.2, -0.15) is 31.6 Å². The number of fused-ring (bicyclic) bond motifs is 2. The van der Waals surface area contributed by atoms with Crippen molar-refractivity contribution in [3.8, 4) is 6.07 Å². The molecule has 3 amide bonds. The van der Waals surface area contributed by atoms with Crippen LogP contribution in [0.15, 0.2) is 0 Å². The van der Waals surface area contributed by atoms with Crippen molar-refractivity contribution in [1.82, 2.24) is 35.7 Å². The molecule has 2 aliphatic heterocycles. The fraction of sp³-hybridized carbons (Fsp3) is 0.773. The van der Waals surface area contributed by atoms with Crippen LogP contribution in [0.5, 0.6) is 0 Å². The SMILES string of the molecule is CC(C)(C)[C@H](NC(=O)C(F)(F)F)C(=O)N1C[C@H]2[C@@H]([C@H]1C(=O)N[C@H](C#N)C[C@@H]1CCn3nnnc31)C2(Cl)C(F)(F)F. The molecule has 1 aromatic rings. The second-order valence-corrected chi connectivity index (χ2v) is 11.9. The van der Waals surface area contributed by atoms with Crippen LogP contribution in [-0.2, 0) is 20.9 Å². The number of hydrogen-bond donors (Lipinski definition) is 2. The van der Waals surface area contributed by atoms with E-state index in [2.05, 4.69) is 20.8 Å². The monoisotopic (exact) mass is 598 g/mol. The Balaban J connectivity index is 1.59. The molecule has 0 radical (unpaired) electrons. The average molecular weight is 599 g/mol. The Hall–Kier alpha value is -3.16. The Bertz CT molecular complexity index is 1240. The zero-order chi connectivity index (χ0) is 30.0. The van der Waals surface area contributed by atoms with Gasteiger partial charge in [0, 0.05) is 30.8 Å². The lowest BCUT2D eigenvalue weighted by Gasteiger charge is -2.38. The molecule has 2 N–H and O–H groups in total. The van der Waals surface area contributed by atoms with E-state index < -0.39 is 76.9 Å². The maximum Gasteiger partial charge on any atom is 0.471 e. The van der Waals surface area contributed by atoms with E-state index in [0.29, 0.717) is 23.7 Å². The largest absolute Gasteiger partial charge is 0.471 e. The van der Waals surface area contributed by atoms with E-state index >= 15 is 0 Å². The predicted molar refractivity (Wildman–Crippen MR) is 122 cm³/mol. The molecule has 11 nitrogen and oxygen atoms in total. The first-order chi connectivity index (χ1) is 18.3. The van der Waals surface area contributed by atoms with Gasteiger partial charge >= 0.3 is 18.3 Å². The van der Waals surface area contributed by atoms with Crippen molar-refractivity contribution >= 4 is 29.3 Å². The van der Waals surface area contributed by atoms with E-state index in [1.165, 1.54) is 25.5 Å². The standard InChI is InChI=1S/C22H25ClF6N8O3/c1-19(2,3)14(32-18(40)21(24,25)26)17(39)36-8-11-12(20(11,23)22(27,28)29)13(36)16(38)31-10(7-30)6-9-4-5-37-15(9)33-34-35-37/h9-14H,4-6,8H2,1-3H3,(H,31,38)(H,32,40)/t9-,10-,11-,12-,13-,14+,20?/m0/s1. The van der Waals surface area contributed by atoms with Crippen molar-refractivity contribution in [3.05, 3.63) is 5.82 Å². The topological polar surface area (TPSA) is 146 Å². The summed E-state index contributed by atoms with van der Waals surface area (Å²) in [4.78, 5) is 36.4. The third kappa shape index (κ3) is 5.06. The van der Waals surface area contributed by atoms with Crippen molar-refractivity contribution in [1.29, 1.82) is 5.26 Å². The molecule has 1 saturated carbocycles. The minimum absolute atomic E-state index is 0.0227. The van der Waals surface area contributed by atoms with Crippen molar-refractivity contribution < 1.29 is 40.7 Å². The van der Waals surface area contributed by atoms with Crippen molar-refractivity contribution in [2.24, 2.45) is 17.3 Å². The van der Waals surface area contributed by atoms with Gasteiger partial charge in [-0.1, -0.05) is 20.8 Å². The van der Waals surface area contributed by atoms with Gasteiger partial charge in [0.2, 0.25) is 11.8 Å². The molecule has 2 fully saturated rings. The quantitative estimate of drug-likeness (QED) is 0.374. The van der Waals surface area contributed by atoms with Crippen LogP contribution in [-0.4, -0.2) is 84.7 Å². The van der Waals surface area contributed by atoms with Crippen LogP contribution in [0.1, 0.15) is 45.4 Å². The van der Waals surface area contributed by atoms with Gasteiger partial charge in [-0.05, 0) is 28.7 Å². The number of alkyl halides is 7. The van der Waals surface area contributed by atoms with Crippen LogP contribution in [0, 0.1) is 28.6 Å². The molecule has 1 aliphatic carbocycles. The Morgan fingerprint density at radius 2 is 1.82 bits per heavy atom. The molecule has 220 valence electrons. The summed E-state index contributed by atoms with van der Waals surface area (Å²) in [6.45, 7) is 3.82. The molecule has 4 rings (SSSR count). The number of nitrogens with one attached hydrogen (secondary N) is 2. The highest BCUT2D eigenvalue weighted by atomic mass is 35.5. The molecular weight excluding hydrogens is 574 g/mol. The molecule has 7 atom stereocenters. The third-order valence-electron chi connectivity index (χ3n) is 7.66. The van der Waals surface area contributed by atoms with Crippen LogP contribution in [0.3, 0.4) is 0 Å². The lowest BCUT2D eigenvalue weighted by atomic mass is 9.85. The Morgan fingerprint density at radius 1 is 1.18 bits per heavy atom. The number of hydrogen-bond acceptors (Lipinski definition) is 7. The number of tetrazole rings is 1. The van der Waals surface area contributed by atoms with Crippen LogP contribution in [0.4, 0.5) is 26.3 Å². The molecule has 0 aromatic carbocycles. The summed E-state index contributed by atoms with van der Waals surface area (Å²) in [5.74, 6) is -7.62. The summed E-state index contributed by atoms with van der Waals surface area (Å²) in [5, 5.41) is 24.8. The Morgan fingerprint density at radius 3 is 2.38 bits per heavy atom. The summed E-state index contributed by atoms with van der Waals surface area (Å²) in [6, 6.07) is -3.04. The van der Waals surface area contributed by atoms with Crippen LogP contribution in [0.25, 0.3) is 0 Å². The lowest BCUT2D eigenvalue weighted by molar-refractivity contribution is -0.176. The normalized spacial score (nSPS) is 29.2. The first kappa shape index (κ1) is 29.8. The van der Waals surface area contributed by atoms with Crippen molar-refractivity contribution in [3.63, 3.8) is 0 Å². The number of carbonyl (C=O) groups excluding carboxylic acids is 3. The van der Waals surface area contributed by atoms with E-state index in [9.17, 15) is 46.0 Å². The lowest BCUT2D eigenvalue weighted by Crippen LogP contribution is -2.61. The maximum absolute atomic E-state index is 13.8. The number of aromatic nitrogens is 4. The number of nitriles is 1. The minimum Gasteiger partial charge on any atom is -0.339 e. The molecule has 3 heterocycles. The van der Waals surface area contributed by atoms with Gasteiger partial charge in [0.25, 0.3) is 0 Å². The smallest absolute Gasteiger partial charge is 0.339 e. The van der Waals surface area contributed by atoms with Crippen LogP contribution >= 0.6 is 11.6 Å². The number of carbonyl (C=O) groups is 3. The fourth-order valence-electron chi connectivity index (χ4n) is 5.61. The number of aryl methyl sites for hydroxylation is 1. The number of piperidine rings is 1. The molecule has 18 heteroatoms. The van der Waals surface area contributed by atoms with E-state index in [-0.39, 0.29) is 12.3 Å². The summed E-state index contributed by atoms with van der Waals surface area (Å²) < 4.78 is 82.0. The highest BCUT2D eigenvalue weighted by Crippen LogP contribution is 2.69. The molecule has 0 spiro atoms. The molecular formula is C22H25ClF6N8O3. The van der Waals surface area contributed by atoms with Gasteiger partial charge in [0.05, 0.1) is 6.07 Å². The van der Waals surface area contributed by atoms with E-state index in [4.69, 9.17) is 11.6 Å². The van der Waals surface area contributed by atoms with Gasteiger partial charge in [0.15, 0.2) is 10.7 Å². The molecule has 40 heavy (non-hydrogen) atoms. The number of rotatable bonds is 6. The van der Waals surface area contributed by atoms with Gasteiger partial charge in [0.1, 0.15) is 18.1 Å². The predicted octanol–water partition coefficient (Wildman–Crippen LogP) is 1.65. The molecule has 3 aliphatic rings. The van der Waals surface area contributed by atoms with Gasteiger partial charge < -0.3 is 15.5 Å². The van der Waals surface area contributed by atoms with Crippen molar-refractivity contribution in [2.45, 2.75) is 81.4 Å². The van der Waals surface area contributed by atoms with Gasteiger partial charge in [-0.25, -0.2) is 4.68 Å². The summed E-state index contributed by atoms with van der Waals surface area (Å²) in [5.41, 5.74) is -1.32. The molecule has 1 unspecified atom stereocenters. The second-order valence-electron chi connectivity index (χ2n) is 11.3. The van der Waals surface area contributed by atoms with E-state index in [0.717, 1.165) is 0 Å². The van der Waals surface area contributed by atoms with Gasteiger partial charge in [-0.15, -0.1) is 16.7 Å². The third-order valence-corrected chi connectivity index (χ3v) is 8.40. The number of halogens is 7. The summed E-state index contributed by atoms with van der Waals surface area (Å²) in [7, 11) is 0. The summed E-state index contributed by atoms with van der Waals surface area (Å²) in [6.07, 6.45) is -9.75. The number of amides is 3. The summed E-state index contributed by atoms with van der Waals surface area (Å²) >= 11 is 5.91. The number of likely N-dealkylation sites (tertiary alicyclic amines) is 1. The molecule has 0 bridgehead atoms. The second kappa shape index (κ2) is 9.74. The first-order valence-electron chi connectivity index (χ1n) is 12.2. The first-order valence-corrected chi connectivity index (χ1v) is 12.6. The van der Waals surface area contributed by atoms with Crippen LogP contribution < -0.4 is 10.6 Å². The Labute approximate surface area is 228 Å². The zero-order valence-electron chi connectivity index (χ0n) is 21.3. The minimum atomic E-state index is -5.34. The van der Waals surface area contributed by atoms with Crippen LogP contribution in [0.2, 0.25) is 0 Å². The fourth-order valence-corrected chi connectivity index (χ4v) is 6.02. The Kier molecular flexibility index (Phi) is 7.26. The molecule has 1 saturated heterocycles. The van der Waals surface area contributed by atoms with E-state index in [1.54, 1.807) is 5.32 Å². The maximum atomic E-state index is 13.8. The van der Waals surface area contributed by atoms with E-state index in [1.807, 2.05) is 6.07 Å². The average Bonchev–Trinajstić information content (AvgIpc) is 3.27. The van der Waals surface area contributed by atoms with Crippen molar-refractivity contribution in [2.75, 3.05) is 6.54 Å². The number of nitrogens with zero attached hydrogens (tertiary/aromatic N) is 6. The molecule has 1 aromatic heterocycles.